The van der Waals surface area contributed by atoms with Gasteiger partial charge in [-0.1, -0.05) is 69.7 Å². The average molecular weight is 655 g/mol. The van der Waals surface area contributed by atoms with Crippen molar-refractivity contribution in [1.82, 2.24) is 24.8 Å². The number of fused-ring (bicyclic) bond motifs is 2. The van der Waals surface area contributed by atoms with E-state index in [1.165, 1.54) is 11.8 Å². The topological polar surface area (TPSA) is 118 Å². The molecule has 2 amide bonds. The molecule has 3 aliphatic heterocycles. The van der Waals surface area contributed by atoms with Crippen molar-refractivity contribution in [3.05, 3.63) is 72.8 Å². The van der Waals surface area contributed by atoms with Crippen molar-refractivity contribution in [1.29, 1.82) is 0 Å². The molecule has 0 aliphatic carbocycles. The number of benzene rings is 2. The van der Waals surface area contributed by atoms with Gasteiger partial charge >= 0.3 is 5.97 Å². The Morgan fingerprint density at radius 2 is 2.00 bits per heavy atom. The van der Waals surface area contributed by atoms with Crippen LogP contribution in [0.3, 0.4) is 0 Å². The van der Waals surface area contributed by atoms with Crippen molar-refractivity contribution in [3.63, 3.8) is 0 Å². The Balaban J connectivity index is 1.46. The zero-order valence-electron chi connectivity index (χ0n) is 23.1. The number of nitrogens with zero attached hydrogens (tertiary/aromatic N) is 5. The Labute approximate surface area is 256 Å². The van der Waals surface area contributed by atoms with Crippen molar-refractivity contribution in [2.45, 2.75) is 46.9 Å². The number of thioether (sulfide) groups is 1. The van der Waals surface area contributed by atoms with Gasteiger partial charge < -0.3 is 19.6 Å². The van der Waals surface area contributed by atoms with E-state index in [-0.39, 0.29) is 48.3 Å². The van der Waals surface area contributed by atoms with Crippen LogP contribution in [0.25, 0.3) is 11.0 Å². The van der Waals surface area contributed by atoms with Crippen LogP contribution in [0, 0.1) is 11.8 Å². The van der Waals surface area contributed by atoms with Crippen molar-refractivity contribution in [2.75, 3.05) is 19.8 Å². The molecule has 3 saturated heterocycles. The number of hydrogen-bond acceptors (Lipinski definition) is 8. The van der Waals surface area contributed by atoms with E-state index in [1.807, 2.05) is 54.6 Å². The minimum absolute atomic E-state index is 0.0902. The molecule has 7 atom stereocenters. The number of aliphatic hydroxyl groups is 1. The molecule has 6 rings (SSSR count). The van der Waals surface area contributed by atoms with E-state index in [9.17, 15) is 19.5 Å². The van der Waals surface area contributed by atoms with Crippen molar-refractivity contribution >= 4 is 56.5 Å². The fourth-order valence-corrected chi connectivity index (χ4v) is 10.5. The van der Waals surface area contributed by atoms with Crippen molar-refractivity contribution in [2.24, 2.45) is 11.8 Å². The van der Waals surface area contributed by atoms with Gasteiger partial charge in [-0.25, -0.2) is 4.68 Å². The van der Waals surface area contributed by atoms with Crippen LogP contribution in [0.5, 0.6) is 0 Å². The molecule has 1 aromatic heterocycles. The van der Waals surface area contributed by atoms with Gasteiger partial charge in [-0.2, -0.15) is 0 Å². The minimum atomic E-state index is -0.948. The summed E-state index contributed by atoms with van der Waals surface area (Å²) in [5.74, 6) is -2.50. The standard InChI is InChI=1S/C30H32BrN5O5S/c1-3-14-34(17-35-21-13-9-8-12-20(21)32-33-35)28(39)26-30-15-19(31)25(42-30)23(29(40)41-4-2)24(30)27(38)36(26)22(16-37)18-10-6-5-7-11-18/h3,5-13,19,22-26,37H,1,4,14-17H2,2H3/t19?,22-,23-,24+,25-,26?,30?/m1/s1. The molecule has 1 spiro atoms. The maximum absolute atomic E-state index is 14.8. The van der Waals surface area contributed by atoms with Crippen LogP contribution < -0.4 is 0 Å². The molecule has 0 radical (unpaired) electrons. The fraction of sp³-hybridized carbons (Fsp3) is 0.433. The predicted molar refractivity (Wildman–Crippen MR) is 161 cm³/mol. The number of rotatable bonds is 10. The summed E-state index contributed by atoms with van der Waals surface area (Å²) in [7, 11) is 0. The highest BCUT2D eigenvalue weighted by Crippen LogP contribution is 2.68. The Morgan fingerprint density at radius 3 is 2.71 bits per heavy atom. The SMILES string of the molecule is C=CCN(Cn1nnc2ccccc21)C(=O)C1N([C@H](CO)c2ccccc2)C(=O)[C@@H]2[C@@H](C(=O)OCC)[C@@H]3SC12CC3Br. The summed E-state index contributed by atoms with van der Waals surface area (Å²) < 4.78 is 6.22. The number of carbonyl (C=O) groups excluding carboxylic acids is 3. The van der Waals surface area contributed by atoms with Gasteiger partial charge in [-0.3, -0.25) is 14.4 Å². The third kappa shape index (κ3) is 4.46. The van der Waals surface area contributed by atoms with Crippen LogP contribution in [-0.4, -0.2) is 88.3 Å². The molecule has 3 aromatic rings. The number of likely N-dealkylation sites (tertiary alicyclic amines) is 1. The Morgan fingerprint density at radius 1 is 1.26 bits per heavy atom. The second-order valence-corrected chi connectivity index (χ2v) is 13.6. The monoisotopic (exact) mass is 653 g/mol. The first kappa shape index (κ1) is 28.9. The number of carbonyl (C=O) groups is 3. The Kier molecular flexibility index (Phi) is 7.88. The van der Waals surface area contributed by atoms with E-state index in [2.05, 4.69) is 32.8 Å². The number of hydrogen-bond donors (Lipinski definition) is 1. The van der Waals surface area contributed by atoms with Crippen molar-refractivity contribution < 1.29 is 24.2 Å². The average Bonchev–Trinajstić information content (AvgIpc) is 3.71. The zero-order chi connectivity index (χ0) is 29.6. The molecule has 12 heteroatoms. The van der Waals surface area contributed by atoms with Gasteiger partial charge in [-0.15, -0.1) is 23.4 Å². The molecule has 42 heavy (non-hydrogen) atoms. The zero-order valence-corrected chi connectivity index (χ0v) is 25.5. The molecular formula is C30H32BrN5O5S. The normalized spacial score (nSPS) is 28.6. The highest BCUT2D eigenvalue weighted by molar-refractivity contribution is 9.09. The third-order valence-corrected chi connectivity index (χ3v) is 11.8. The minimum Gasteiger partial charge on any atom is -0.466 e. The van der Waals surface area contributed by atoms with Crippen LogP contribution in [0.2, 0.25) is 0 Å². The predicted octanol–water partition coefficient (Wildman–Crippen LogP) is 3.16. The molecule has 1 N–H and O–H groups in total. The van der Waals surface area contributed by atoms with Gasteiger partial charge in [-0.05, 0) is 31.0 Å². The number of para-hydroxylation sites is 1. The Bertz CT molecular complexity index is 1520. The molecule has 0 saturated carbocycles. The number of halogens is 1. The summed E-state index contributed by atoms with van der Waals surface area (Å²) in [5.41, 5.74) is 2.18. The lowest BCUT2D eigenvalue weighted by atomic mass is 9.71. The van der Waals surface area contributed by atoms with Gasteiger partial charge in [0.1, 0.15) is 18.2 Å². The van der Waals surface area contributed by atoms with E-state index in [0.29, 0.717) is 17.5 Å². The van der Waals surface area contributed by atoms with Gasteiger partial charge in [0.25, 0.3) is 0 Å². The second kappa shape index (κ2) is 11.5. The highest BCUT2D eigenvalue weighted by Gasteiger charge is 2.76. The van der Waals surface area contributed by atoms with Crippen LogP contribution in [0.1, 0.15) is 24.9 Å². The van der Waals surface area contributed by atoms with Crippen LogP contribution >= 0.6 is 27.7 Å². The molecule has 3 aliphatic rings. The molecule has 220 valence electrons. The van der Waals surface area contributed by atoms with Gasteiger partial charge in [0, 0.05) is 16.6 Å². The van der Waals surface area contributed by atoms with Crippen LogP contribution in [0.4, 0.5) is 0 Å². The van der Waals surface area contributed by atoms with Gasteiger partial charge in [0.2, 0.25) is 11.8 Å². The maximum Gasteiger partial charge on any atom is 0.310 e. The second-order valence-electron chi connectivity index (χ2n) is 10.8. The number of amides is 2. The van der Waals surface area contributed by atoms with Gasteiger partial charge in [0.05, 0.1) is 41.4 Å². The maximum atomic E-state index is 14.8. The quantitative estimate of drug-likeness (QED) is 0.201. The summed E-state index contributed by atoms with van der Waals surface area (Å²) in [4.78, 5) is 45.7. The summed E-state index contributed by atoms with van der Waals surface area (Å²) in [6, 6.07) is 15.0. The molecular weight excluding hydrogens is 622 g/mol. The van der Waals surface area contributed by atoms with E-state index in [1.54, 1.807) is 27.5 Å². The molecule has 2 aromatic carbocycles. The number of alkyl halides is 1. The van der Waals surface area contributed by atoms with E-state index in [0.717, 1.165) is 5.52 Å². The van der Waals surface area contributed by atoms with E-state index >= 15 is 0 Å². The molecule has 3 fully saturated rings. The lowest BCUT2D eigenvalue weighted by Crippen LogP contribution is -2.56. The third-order valence-electron chi connectivity index (χ3n) is 8.60. The molecule has 10 nitrogen and oxygen atoms in total. The first-order chi connectivity index (χ1) is 20.4. The fourth-order valence-electron chi connectivity index (χ4n) is 6.95. The molecule has 4 heterocycles. The number of aliphatic hydroxyl groups excluding tert-OH is 1. The van der Waals surface area contributed by atoms with E-state index in [4.69, 9.17) is 4.74 Å². The summed E-state index contributed by atoms with van der Waals surface area (Å²) in [6.07, 6.45) is 2.16. The summed E-state index contributed by atoms with van der Waals surface area (Å²) in [6.45, 7) is 5.73. The van der Waals surface area contributed by atoms with Gasteiger partial charge in [0.15, 0.2) is 0 Å². The number of aromatic nitrogens is 3. The molecule has 2 bridgehead atoms. The number of ether oxygens (including phenoxy) is 1. The van der Waals surface area contributed by atoms with Crippen molar-refractivity contribution in [3.8, 4) is 0 Å². The molecule has 3 unspecified atom stereocenters. The first-order valence-corrected chi connectivity index (χ1v) is 15.8. The lowest BCUT2D eigenvalue weighted by Gasteiger charge is -2.40. The first-order valence-electron chi connectivity index (χ1n) is 14.0. The van der Waals surface area contributed by atoms with E-state index < -0.39 is 34.6 Å². The summed E-state index contributed by atoms with van der Waals surface area (Å²) >= 11 is 5.31. The smallest absolute Gasteiger partial charge is 0.310 e. The largest absolute Gasteiger partial charge is 0.466 e. The summed E-state index contributed by atoms with van der Waals surface area (Å²) in [5, 5.41) is 19.0. The lowest BCUT2D eigenvalue weighted by molar-refractivity contribution is -0.154. The van der Waals surface area contributed by atoms with Crippen LogP contribution in [-0.2, 0) is 25.8 Å². The highest BCUT2D eigenvalue weighted by atomic mass is 79.9. The number of esters is 1. The Hall–Kier alpha value is -3.22. The van der Waals surface area contributed by atoms with Crippen LogP contribution in [0.15, 0.2) is 67.3 Å².